The molecule has 0 fully saturated rings. The normalized spacial score (nSPS) is 13.8. The average Bonchev–Trinajstić information content (AvgIpc) is 2.02. The van der Waals surface area contributed by atoms with Crippen LogP contribution < -0.4 is 5.73 Å². The van der Waals surface area contributed by atoms with Gasteiger partial charge in [-0.05, 0) is 12.3 Å². The van der Waals surface area contributed by atoms with Gasteiger partial charge in [0.25, 0.3) is 0 Å². The van der Waals surface area contributed by atoms with Gasteiger partial charge in [-0.3, -0.25) is 4.79 Å². The summed E-state index contributed by atoms with van der Waals surface area (Å²) in [4.78, 5) is 11.4. The van der Waals surface area contributed by atoms with Gasteiger partial charge >= 0.3 is 0 Å². The van der Waals surface area contributed by atoms with Gasteiger partial charge in [0.1, 0.15) is 0 Å². The molecule has 0 aromatic heterocycles. The van der Waals surface area contributed by atoms with E-state index >= 15 is 0 Å². The summed E-state index contributed by atoms with van der Waals surface area (Å²) in [6.45, 7) is 8.20. The molecule has 2 heteroatoms. The Labute approximate surface area is 81.9 Å². The van der Waals surface area contributed by atoms with Crippen molar-refractivity contribution in [2.24, 2.45) is 17.6 Å². The van der Waals surface area contributed by atoms with Crippen molar-refractivity contribution in [3.05, 3.63) is 0 Å². The molecule has 0 aliphatic heterocycles. The molecule has 78 valence electrons. The van der Waals surface area contributed by atoms with Crippen LogP contribution in [0.4, 0.5) is 0 Å². The largest absolute Gasteiger partial charge is 0.321 e. The minimum Gasteiger partial charge on any atom is -0.321 e. The van der Waals surface area contributed by atoms with Gasteiger partial charge in [0.15, 0.2) is 5.78 Å². The number of carbonyl (C=O) groups is 1. The zero-order chi connectivity index (χ0) is 10.4. The van der Waals surface area contributed by atoms with Crippen molar-refractivity contribution in [1.29, 1.82) is 0 Å². The van der Waals surface area contributed by atoms with E-state index in [1.165, 1.54) is 6.42 Å². The standard InChI is InChI=1S/C11H23NO/c1-8(2)6-5-7-10(12)11(13)9(3)4/h8-10H,5-7,12H2,1-4H3/t10-/m1/s1. The maximum absolute atomic E-state index is 11.4. The summed E-state index contributed by atoms with van der Waals surface area (Å²) in [5.41, 5.74) is 5.75. The summed E-state index contributed by atoms with van der Waals surface area (Å²) in [7, 11) is 0. The van der Waals surface area contributed by atoms with Crippen LogP contribution in [0.25, 0.3) is 0 Å². The first-order chi connectivity index (χ1) is 5.95. The van der Waals surface area contributed by atoms with Crippen LogP contribution in [0.2, 0.25) is 0 Å². The molecule has 0 saturated heterocycles. The van der Waals surface area contributed by atoms with Crippen molar-refractivity contribution in [3.8, 4) is 0 Å². The first kappa shape index (κ1) is 12.6. The third-order valence-electron chi connectivity index (χ3n) is 2.23. The number of hydrogen-bond donors (Lipinski definition) is 1. The SMILES string of the molecule is CC(C)CCC[C@@H](N)C(=O)C(C)C. The minimum absolute atomic E-state index is 0.0778. The van der Waals surface area contributed by atoms with Gasteiger partial charge in [-0.25, -0.2) is 0 Å². The molecule has 0 aromatic rings. The quantitative estimate of drug-likeness (QED) is 0.690. The van der Waals surface area contributed by atoms with Gasteiger partial charge in [0.05, 0.1) is 6.04 Å². The number of Topliss-reactive ketones (excluding diaryl/α,β-unsaturated/α-hetero) is 1. The molecule has 0 spiro atoms. The highest BCUT2D eigenvalue weighted by Gasteiger charge is 2.16. The van der Waals surface area contributed by atoms with E-state index in [1.54, 1.807) is 0 Å². The van der Waals surface area contributed by atoms with E-state index in [4.69, 9.17) is 5.73 Å². The average molecular weight is 185 g/mol. The lowest BCUT2D eigenvalue weighted by Gasteiger charge is -2.13. The fourth-order valence-corrected chi connectivity index (χ4v) is 1.32. The molecular formula is C11H23NO. The van der Waals surface area contributed by atoms with E-state index < -0.39 is 0 Å². The molecule has 0 aliphatic rings. The molecule has 2 nitrogen and oxygen atoms in total. The molecule has 0 aliphatic carbocycles. The second kappa shape index (κ2) is 6.14. The van der Waals surface area contributed by atoms with Crippen molar-refractivity contribution in [2.45, 2.75) is 53.0 Å². The van der Waals surface area contributed by atoms with Crippen LogP contribution >= 0.6 is 0 Å². The van der Waals surface area contributed by atoms with Gasteiger partial charge in [0, 0.05) is 5.92 Å². The maximum atomic E-state index is 11.4. The zero-order valence-electron chi connectivity index (χ0n) is 9.34. The molecule has 0 saturated carbocycles. The second-order valence-electron chi connectivity index (χ2n) is 4.49. The van der Waals surface area contributed by atoms with Gasteiger partial charge in [-0.15, -0.1) is 0 Å². The van der Waals surface area contributed by atoms with Crippen LogP contribution in [0.5, 0.6) is 0 Å². The fourth-order valence-electron chi connectivity index (χ4n) is 1.32. The summed E-state index contributed by atoms with van der Waals surface area (Å²) in [5.74, 6) is 0.985. The number of hydrogen-bond acceptors (Lipinski definition) is 2. The van der Waals surface area contributed by atoms with Gasteiger partial charge < -0.3 is 5.73 Å². The number of ketones is 1. The van der Waals surface area contributed by atoms with E-state index in [0.29, 0.717) is 5.92 Å². The van der Waals surface area contributed by atoms with Crippen LogP contribution in [0.1, 0.15) is 47.0 Å². The smallest absolute Gasteiger partial charge is 0.152 e. The highest BCUT2D eigenvalue weighted by atomic mass is 16.1. The van der Waals surface area contributed by atoms with E-state index in [9.17, 15) is 4.79 Å². The second-order valence-corrected chi connectivity index (χ2v) is 4.49. The third-order valence-corrected chi connectivity index (χ3v) is 2.23. The predicted molar refractivity (Wildman–Crippen MR) is 56.5 cm³/mol. The molecule has 0 unspecified atom stereocenters. The number of nitrogens with two attached hydrogens (primary N) is 1. The lowest BCUT2D eigenvalue weighted by Crippen LogP contribution is -2.33. The van der Waals surface area contributed by atoms with E-state index in [1.807, 2.05) is 13.8 Å². The molecule has 0 heterocycles. The van der Waals surface area contributed by atoms with Gasteiger partial charge in [-0.1, -0.05) is 40.5 Å². The number of rotatable bonds is 6. The Hall–Kier alpha value is -0.370. The molecule has 0 rings (SSSR count). The highest BCUT2D eigenvalue weighted by molar-refractivity contribution is 5.85. The first-order valence-electron chi connectivity index (χ1n) is 5.24. The predicted octanol–water partition coefficient (Wildman–Crippen LogP) is 2.37. The van der Waals surface area contributed by atoms with E-state index in [0.717, 1.165) is 12.8 Å². The molecule has 0 bridgehead atoms. The Morgan fingerprint density at radius 3 is 2.08 bits per heavy atom. The molecule has 2 N–H and O–H groups in total. The van der Waals surface area contributed by atoms with Crippen molar-refractivity contribution in [1.82, 2.24) is 0 Å². The molecule has 0 radical (unpaired) electrons. The van der Waals surface area contributed by atoms with E-state index in [-0.39, 0.29) is 17.7 Å². The Balaban J connectivity index is 3.62. The molecule has 1 atom stereocenters. The fraction of sp³-hybridized carbons (Fsp3) is 0.909. The molecule has 13 heavy (non-hydrogen) atoms. The van der Waals surface area contributed by atoms with Gasteiger partial charge in [0.2, 0.25) is 0 Å². The summed E-state index contributed by atoms with van der Waals surface area (Å²) in [6.07, 6.45) is 3.07. The summed E-state index contributed by atoms with van der Waals surface area (Å²) in [5, 5.41) is 0. The molecular weight excluding hydrogens is 162 g/mol. The van der Waals surface area contributed by atoms with Crippen LogP contribution in [-0.2, 0) is 4.79 Å². The highest BCUT2D eigenvalue weighted by Crippen LogP contribution is 2.10. The molecule has 0 amide bonds. The van der Waals surface area contributed by atoms with Crippen LogP contribution in [0, 0.1) is 11.8 Å². The first-order valence-corrected chi connectivity index (χ1v) is 5.24. The zero-order valence-corrected chi connectivity index (χ0v) is 9.34. The van der Waals surface area contributed by atoms with Crippen molar-refractivity contribution < 1.29 is 4.79 Å². The summed E-state index contributed by atoms with van der Waals surface area (Å²) < 4.78 is 0. The Morgan fingerprint density at radius 1 is 1.15 bits per heavy atom. The monoisotopic (exact) mass is 185 g/mol. The lowest BCUT2D eigenvalue weighted by atomic mass is 9.96. The lowest BCUT2D eigenvalue weighted by molar-refractivity contribution is -0.123. The van der Waals surface area contributed by atoms with Crippen LogP contribution in [-0.4, -0.2) is 11.8 Å². The van der Waals surface area contributed by atoms with Crippen molar-refractivity contribution in [2.75, 3.05) is 0 Å². The van der Waals surface area contributed by atoms with Gasteiger partial charge in [-0.2, -0.15) is 0 Å². The Kier molecular flexibility index (Phi) is 5.97. The topological polar surface area (TPSA) is 43.1 Å². The van der Waals surface area contributed by atoms with Crippen molar-refractivity contribution >= 4 is 5.78 Å². The Bertz CT molecular complexity index is 152. The Morgan fingerprint density at radius 2 is 1.69 bits per heavy atom. The summed E-state index contributed by atoms with van der Waals surface area (Å²) in [6, 6.07) is -0.237. The number of carbonyl (C=O) groups excluding carboxylic acids is 1. The third kappa shape index (κ3) is 5.81. The van der Waals surface area contributed by atoms with Crippen LogP contribution in [0.15, 0.2) is 0 Å². The van der Waals surface area contributed by atoms with Crippen molar-refractivity contribution in [3.63, 3.8) is 0 Å². The van der Waals surface area contributed by atoms with E-state index in [2.05, 4.69) is 13.8 Å². The summed E-state index contributed by atoms with van der Waals surface area (Å²) >= 11 is 0. The minimum atomic E-state index is -0.237. The van der Waals surface area contributed by atoms with Crippen LogP contribution in [0.3, 0.4) is 0 Å². The maximum Gasteiger partial charge on any atom is 0.152 e. The molecule has 0 aromatic carbocycles.